The van der Waals surface area contributed by atoms with E-state index in [1.165, 1.54) is 17.0 Å². The second-order valence-electron chi connectivity index (χ2n) is 4.80. The molecule has 1 aromatic rings. The lowest BCUT2D eigenvalue weighted by Crippen LogP contribution is -2.58. The van der Waals surface area contributed by atoms with Crippen molar-refractivity contribution in [1.82, 2.24) is 15.5 Å². The number of carbonyl (C=O) groups excluding carboxylic acids is 2. The number of rotatable bonds is 5. The van der Waals surface area contributed by atoms with E-state index in [-0.39, 0.29) is 37.3 Å². The monoisotopic (exact) mass is 295 g/mol. The van der Waals surface area contributed by atoms with Crippen molar-refractivity contribution in [2.45, 2.75) is 6.04 Å². The van der Waals surface area contributed by atoms with Gasteiger partial charge in [0.1, 0.15) is 24.2 Å². The van der Waals surface area contributed by atoms with E-state index >= 15 is 0 Å². The first-order valence-electron chi connectivity index (χ1n) is 6.69. The van der Waals surface area contributed by atoms with Crippen molar-refractivity contribution in [2.75, 3.05) is 33.3 Å². The maximum Gasteiger partial charge on any atom is 0.241 e. The zero-order chi connectivity index (χ0) is 15.2. The number of ether oxygens (including phenoxy) is 1. The fourth-order valence-electron chi connectivity index (χ4n) is 1.97. The van der Waals surface area contributed by atoms with E-state index in [1.54, 1.807) is 19.2 Å². The van der Waals surface area contributed by atoms with Crippen LogP contribution < -0.4 is 15.4 Å². The van der Waals surface area contributed by atoms with Crippen LogP contribution in [0.3, 0.4) is 0 Å². The number of hydrogen-bond acceptors (Lipinski definition) is 4. The molecule has 7 heteroatoms. The Hall–Kier alpha value is -2.15. The van der Waals surface area contributed by atoms with Gasteiger partial charge in [-0.05, 0) is 12.1 Å². The molecule has 0 spiro atoms. The highest BCUT2D eigenvalue weighted by atomic mass is 19.1. The summed E-state index contributed by atoms with van der Waals surface area (Å²) in [7, 11) is 1.66. The van der Waals surface area contributed by atoms with Crippen LogP contribution in [0.25, 0.3) is 0 Å². The minimum atomic E-state index is -0.415. The van der Waals surface area contributed by atoms with Crippen LogP contribution in [-0.2, 0) is 9.59 Å². The number of likely N-dealkylation sites (N-methyl/N-ethyl adjacent to an activating group) is 1. The SMILES string of the molecule is CN(CCOc1cccc(F)c1)C(=O)C1CNC(=O)CN1. The van der Waals surface area contributed by atoms with Crippen molar-refractivity contribution in [3.05, 3.63) is 30.1 Å². The molecule has 1 saturated heterocycles. The molecule has 1 aliphatic rings. The van der Waals surface area contributed by atoms with Crippen molar-refractivity contribution >= 4 is 11.8 Å². The highest BCUT2D eigenvalue weighted by Gasteiger charge is 2.26. The van der Waals surface area contributed by atoms with Gasteiger partial charge in [-0.15, -0.1) is 0 Å². The van der Waals surface area contributed by atoms with Gasteiger partial charge in [-0.1, -0.05) is 6.07 Å². The summed E-state index contributed by atoms with van der Waals surface area (Å²) in [6.07, 6.45) is 0. The Morgan fingerprint density at radius 3 is 3.00 bits per heavy atom. The summed E-state index contributed by atoms with van der Waals surface area (Å²) in [4.78, 5) is 24.6. The van der Waals surface area contributed by atoms with Gasteiger partial charge in [0.05, 0.1) is 13.1 Å². The summed E-state index contributed by atoms with van der Waals surface area (Å²) in [5, 5.41) is 5.51. The molecule has 0 bridgehead atoms. The van der Waals surface area contributed by atoms with Crippen molar-refractivity contribution in [3.8, 4) is 5.75 Å². The highest BCUT2D eigenvalue weighted by Crippen LogP contribution is 2.11. The minimum absolute atomic E-state index is 0.113. The van der Waals surface area contributed by atoms with Crippen LogP contribution in [0.2, 0.25) is 0 Å². The molecule has 0 aromatic heterocycles. The Morgan fingerprint density at radius 2 is 2.33 bits per heavy atom. The predicted octanol–water partition coefficient (Wildman–Crippen LogP) is -0.249. The maximum absolute atomic E-state index is 13.0. The molecule has 1 fully saturated rings. The summed E-state index contributed by atoms with van der Waals surface area (Å²) in [6, 6.07) is 5.44. The average Bonchev–Trinajstić information content (AvgIpc) is 2.47. The number of halogens is 1. The van der Waals surface area contributed by atoms with E-state index in [0.717, 1.165) is 0 Å². The number of amides is 2. The zero-order valence-electron chi connectivity index (χ0n) is 11.8. The summed E-state index contributed by atoms with van der Waals surface area (Å²) < 4.78 is 18.4. The maximum atomic E-state index is 13.0. The second-order valence-corrected chi connectivity index (χ2v) is 4.80. The van der Waals surface area contributed by atoms with Crippen LogP contribution in [0, 0.1) is 5.82 Å². The molecule has 2 amide bonds. The molecule has 1 heterocycles. The van der Waals surface area contributed by atoms with Gasteiger partial charge < -0.3 is 15.0 Å². The van der Waals surface area contributed by atoms with Crippen molar-refractivity contribution in [2.24, 2.45) is 0 Å². The molecule has 6 nitrogen and oxygen atoms in total. The van der Waals surface area contributed by atoms with Crippen LogP contribution >= 0.6 is 0 Å². The number of nitrogens with zero attached hydrogens (tertiary/aromatic N) is 1. The van der Waals surface area contributed by atoms with Gasteiger partial charge in [-0.3, -0.25) is 14.9 Å². The van der Waals surface area contributed by atoms with E-state index in [1.807, 2.05) is 0 Å². The Morgan fingerprint density at radius 1 is 1.52 bits per heavy atom. The largest absolute Gasteiger partial charge is 0.492 e. The standard InChI is InChI=1S/C14H18FN3O3/c1-18(14(20)12-8-17-13(19)9-16-12)5-6-21-11-4-2-3-10(15)7-11/h2-4,7,12,16H,5-6,8-9H2,1H3,(H,17,19). The van der Waals surface area contributed by atoms with Crippen LogP contribution in [-0.4, -0.2) is 56.0 Å². The lowest BCUT2D eigenvalue weighted by Gasteiger charge is -2.27. The first kappa shape index (κ1) is 15.2. The number of hydrogen-bond donors (Lipinski definition) is 2. The van der Waals surface area contributed by atoms with E-state index in [4.69, 9.17) is 4.74 Å². The van der Waals surface area contributed by atoms with Gasteiger partial charge in [0, 0.05) is 19.7 Å². The van der Waals surface area contributed by atoms with Gasteiger partial charge in [-0.2, -0.15) is 0 Å². The van der Waals surface area contributed by atoms with Crippen molar-refractivity contribution in [3.63, 3.8) is 0 Å². The Kier molecular flexibility index (Phi) is 5.10. The summed E-state index contributed by atoms with van der Waals surface area (Å²) in [5.74, 6) is -0.160. The molecule has 21 heavy (non-hydrogen) atoms. The van der Waals surface area contributed by atoms with Crippen molar-refractivity contribution < 1.29 is 18.7 Å². The Balaban J connectivity index is 1.75. The van der Waals surface area contributed by atoms with Crippen LogP contribution in [0.5, 0.6) is 5.75 Å². The summed E-state index contributed by atoms with van der Waals surface area (Å²) in [6.45, 7) is 1.07. The fraction of sp³-hybridized carbons (Fsp3) is 0.429. The van der Waals surface area contributed by atoms with E-state index in [9.17, 15) is 14.0 Å². The summed E-state index contributed by atoms with van der Waals surface area (Å²) >= 11 is 0. The lowest BCUT2D eigenvalue weighted by molar-refractivity contribution is -0.134. The smallest absolute Gasteiger partial charge is 0.241 e. The lowest BCUT2D eigenvalue weighted by atomic mass is 10.2. The molecule has 1 unspecified atom stereocenters. The quantitative estimate of drug-likeness (QED) is 0.786. The van der Waals surface area contributed by atoms with Gasteiger partial charge in [0.2, 0.25) is 11.8 Å². The van der Waals surface area contributed by atoms with E-state index in [2.05, 4.69) is 10.6 Å². The molecule has 2 N–H and O–H groups in total. The van der Waals surface area contributed by atoms with Gasteiger partial charge in [0.25, 0.3) is 0 Å². The Bertz CT molecular complexity index is 514. The average molecular weight is 295 g/mol. The highest BCUT2D eigenvalue weighted by molar-refractivity contribution is 5.86. The number of piperazine rings is 1. The first-order chi connectivity index (χ1) is 10.1. The molecule has 1 atom stereocenters. The molecule has 1 aliphatic heterocycles. The normalized spacial score (nSPS) is 18.0. The first-order valence-corrected chi connectivity index (χ1v) is 6.69. The van der Waals surface area contributed by atoms with Gasteiger partial charge in [-0.25, -0.2) is 4.39 Å². The zero-order valence-corrected chi connectivity index (χ0v) is 11.8. The minimum Gasteiger partial charge on any atom is -0.492 e. The van der Waals surface area contributed by atoms with Crippen LogP contribution in [0.15, 0.2) is 24.3 Å². The third-order valence-electron chi connectivity index (χ3n) is 3.18. The number of nitrogens with one attached hydrogen (secondary N) is 2. The van der Waals surface area contributed by atoms with Crippen molar-refractivity contribution in [1.29, 1.82) is 0 Å². The fourth-order valence-corrected chi connectivity index (χ4v) is 1.97. The third kappa shape index (κ3) is 4.42. The Labute approximate surface area is 122 Å². The molecule has 0 radical (unpaired) electrons. The molecule has 2 rings (SSSR count). The molecule has 0 aliphatic carbocycles. The van der Waals surface area contributed by atoms with Gasteiger partial charge in [0.15, 0.2) is 0 Å². The predicted molar refractivity (Wildman–Crippen MR) is 74.3 cm³/mol. The van der Waals surface area contributed by atoms with E-state index < -0.39 is 6.04 Å². The van der Waals surface area contributed by atoms with E-state index in [0.29, 0.717) is 12.3 Å². The number of benzene rings is 1. The summed E-state index contributed by atoms with van der Waals surface area (Å²) in [5.41, 5.74) is 0. The van der Waals surface area contributed by atoms with Crippen LogP contribution in [0.4, 0.5) is 4.39 Å². The molecule has 1 aromatic carbocycles. The molecular formula is C14H18FN3O3. The molecule has 0 saturated carbocycles. The number of carbonyl (C=O) groups is 2. The second kappa shape index (κ2) is 7.03. The third-order valence-corrected chi connectivity index (χ3v) is 3.18. The molecular weight excluding hydrogens is 277 g/mol. The van der Waals surface area contributed by atoms with Gasteiger partial charge >= 0.3 is 0 Å². The molecule has 114 valence electrons. The van der Waals surface area contributed by atoms with Crippen LogP contribution in [0.1, 0.15) is 0 Å². The topological polar surface area (TPSA) is 70.7 Å².